The molecule has 4 bridgehead atoms. The summed E-state index contributed by atoms with van der Waals surface area (Å²) in [5.74, 6) is 0.455. The smallest absolute Gasteiger partial charge is 0.335 e. The van der Waals surface area contributed by atoms with Gasteiger partial charge >= 0.3 is 5.97 Å². The fourth-order valence-corrected chi connectivity index (χ4v) is 8.43. The van der Waals surface area contributed by atoms with Crippen molar-refractivity contribution in [1.82, 2.24) is 45.0 Å². The van der Waals surface area contributed by atoms with Crippen LogP contribution in [0.4, 0.5) is 34.9 Å². The maximum atomic E-state index is 12.5. The number of aromatic carboxylic acids is 1. The average Bonchev–Trinajstić information content (AvgIpc) is 4.15. The topological polar surface area (TPSA) is 294 Å². The second-order valence-corrected chi connectivity index (χ2v) is 18.8. The standard InChI is InChI=1S/C18H18N6O.C11H8ClN3O.C11H9N3O2.C7H11N3.Cl2OS.ClH/c19-11-24-14-6-7-16(24)15(10-14)23-17(25)12-2-4-13(5-3-12)22-18-20-8-1-9-21-18;12-10(16)8-2-4-9(5-3-8)15-11-13-6-1-7-14-11;15-10(16)8-2-4-9(5-3-8)14-11-12-6-1-7-13-11;8-4-10-5-1-2-7(10)6(9)3-5;1-4(2)3;/h1-5,8-9,14-16H,6-7,10H2,(H,23,25)(H,20,21,22);1-7H,(H,13,14,15);1-7H,(H,15,16)(H,12,13,14);5-7H,1-3,9H2;;1H. The number of nitriles is 2. The zero-order valence-electron chi connectivity index (χ0n) is 37.9. The molecule has 72 heavy (non-hydrogen) atoms. The highest BCUT2D eigenvalue weighted by atomic mass is 36.0. The highest BCUT2D eigenvalue weighted by Crippen LogP contribution is 2.37. The Kier molecular flexibility index (Phi) is 21.6. The fourth-order valence-electron chi connectivity index (χ4n) is 8.31. The van der Waals surface area contributed by atoms with Crippen LogP contribution < -0.4 is 27.0 Å². The molecule has 6 atom stereocenters. The summed E-state index contributed by atoms with van der Waals surface area (Å²) in [4.78, 5) is 61.9. The number of nitrogens with zero attached hydrogens (tertiary/aromatic N) is 10. The molecule has 0 saturated carbocycles. The first-order chi connectivity index (χ1) is 34.3. The van der Waals surface area contributed by atoms with Gasteiger partial charge in [0.15, 0.2) is 12.4 Å². The molecule has 0 radical (unpaired) electrons. The van der Waals surface area contributed by atoms with E-state index in [1.165, 1.54) is 18.6 Å². The lowest BCUT2D eigenvalue weighted by Gasteiger charge is -2.21. The predicted octanol–water partition coefficient (Wildman–Crippen LogP) is 8.05. The summed E-state index contributed by atoms with van der Waals surface area (Å²) in [5.41, 5.74) is 9.47. The Bertz CT molecular complexity index is 2690. The average molecular weight is 1080 g/mol. The van der Waals surface area contributed by atoms with Crippen LogP contribution in [0.1, 0.15) is 69.6 Å². The number of halogens is 4. The number of aromatic nitrogens is 6. The lowest BCUT2D eigenvalue weighted by Crippen LogP contribution is -2.43. The van der Waals surface area contributed by atoms with Crippen LogP contribution in [0, 0.1) is 22.9 Å². The second kappa shape index (κ2) is 28.0. The summed E-state index contributed by atoms with van der Waals surface area (Å²) >= 11 is 5.33. The van der Waals surface area contributed by atoms with Gasteiger partial charge < -0.3 is 41.9 Å². The number of hydrogen-bond acceptors (Lipinski definition) is 18. The number of nitrogens with one attached hydrogen (secondary N) is 4. The Labute approximate surface area is 437 Å². The monoisotopic (exact) mass is 1070 g/mol. The minimum absolute atomic E-state index is 0. The van der Waals surface area contributed by atoms with Gasteiger partial charge in [0.1, 0.15) is 0 Å². The maximum Gasteiger partial charge on any atom is 0.335 e. The van der Waals surface area contributed by atoms with Gasteiger partial charge in [0.05, 0.1) is 23.7 Å². The van der Waals surface area contributed by atoms with E-state index in [9.17, 15) is 19.6 Å². The van der Waals surface area contributed by atoms with Gasteiger partial charge in [-0.1, -0.05) is 0 Å². The van der Waals surface area contributed by atoms with E-state index in [4.69, 9.17) is 31.9 Å². The summed E-state index contributed by atoms with van der Waals surface area (Å²) in [6.45, 7) is 0. The number of anilines is 6. The molecule has 4 aliphatic heterocycles. The molecule has 6 aromatic rings. The van der Waals surface area contributed by atoms with Gasteiger partial charge in [0.25, 0.3) is 11.1 Å². The van der Waals surface area contributed by atoms with Crippen molar-refractivity contribution in [2.45, 2.75) is 74.8 Å². The summed E-state index contributed by atoms with van der Waals surface area (Å²) in [5, 5.41) is 38.3. The second-order valence-electron chi connectivity index (χ2n) is 15.9. The Morgan fingerprint density at radius 1 is 0.611 bits per heavy atom. The minimum Gasteiger partial charge on any atom is -0.478 e. The van der Waals surface area contributed by atoms with Crippen LogP contribution in [0.5, 0.6) is 0 Å². The molecule has 1 amide bonds. The molecule has 10 rings (SSSR count). The van der Waals surface area contributed by atoms with Crippen molar-refractivity contribution in [1.29, 1.82) is 10.5 Å². The van der Waals surface area contributed by atoms with E-state index in [0.29, 0.717) is 41.1 Å². The van der Waals surface area contributed by atoms with Gasteiger partial charge in [-0.2, -0.15) is 10.5 Å². The third-order valence-corrected chi connectivity index (χ3v) is 11.7. The molecule has 374 valence electrons. The van der Waals surface area contributed by atoms with E-state index in [-0.39, 0.29) is 48.0 Å². The lowest BCUT2D eigenvalue weighted by atomic mass is 9.95. The predicted molar refractivity (Wildman–Crippen MR) is 276 cm³/mol. The third-order valence-electron chi connectivity index (χ3n) is 11.5. The van der Waals surface area contributed by atoms with Crippen LogP contribution in [0.25, 0.3) is 0 Å². The van der Waals surface area contributed by atoms with E-state index in [0.717, 1.165) is 49.2 Å². The molecular weight excluding hydrogens is 1030 g/mol. The highest BCUT2D eigenvalue weighted by molar-refractivity contribution is 8.26. The number of carboxylic acid groups (broad SMARTS) is 1. The van der Waals surface area contributed by atoms with E-state index in [1.54, 1.807) is 104 Å². The molecule has 0 spiro atoms. The highest BCUT2D eigenvalue weighted by Gasteiger charge is 2.47. The van der Waals surface area contributed by atoms with Crippen LogP contribution >= 0.6 is 45.4 Å². The van der Waals surface area contributed by atoms with Gasteiger partial charge in [-0.15, -0.1) is 12.4 Å². The number of carbonyl (C=O) groups is 3. The maximum absolute atomic E-state index is 12.5. The van der Waals surface area contributed by atoms with Crippen molar-refractivity contribution >= 4 is 107 Å². The van der Waals surface area contributed by atoms with E-state index < -0.39 is 20.4 Å². The van der Waals surface area contributed by atoms with Crippen LogP contribution in [-0.4, -0.2) is 102 Å². The van der Waals surface area contributed by atoms with Gasteiger partial charge in [0.2, 0.25) is 27.1 Å². The van der Waals surface area contributed by atoms with Crippen molar-refractivity contribution in [3.05, 3.63) is 145 Å². The quantitative estimate of drug-likeness (QED) is 0.0558. The van der Waals surface area contributed by atoms with E-state index >= 15 is 0 Å². The SMILES string of the molecule is Cl.N#CN1C2CCC1C(N)C2.N#CN1C2CCC1C(NC(=O)c1ccc(Nc3ncccn3)cc1)C2.O=C(Cl)c1ccc(Nc2ncccn2)cc1.O=C(O)c1ccc(Nc2ncccn2)cc1.O=S(Cl)Cl. The first-order valence-corrected chi connectivity index (χ1v) is 25.0. The largest absolute Gasteiger partial charge is 0.478 e. The Morgan fingerprint density at radius 3 is 1.29 bits per heavy atom. The van der Waals surface area contributed by atoms with Crippen molar-refractivity contribution in [3.8, 4) is 12.4 Å². The molecule has 6 unspecified atom stereocenters. The van der Waals surface area contributed by atoms with E-state index in [1.807, 2.05) is 21.9 Å². The minimum atomic E-state index is -1.67. The van der Waals surface area contributed by atoms with Gasteiger partial charge in [-0.25, -0.2) is 38.9 Å². The molecule has 3 aromatic heterocycles. The van der Waals surface area contributed by atoms with Crippen LogP contribution in [-0.2, 0) is 9.23 Å². The van der Waals surface area contributed by atoms with Gasteiger partial charge in [0, 0.05) is 105 Å². The number of hydrogen-bond donors (Lipinski definition) is 6. The number of rotatable bonds is 10. The Balaban J connectivity index is 0.000000180. The normalized spacial score (nSPS) is 19.3. The first kappa shape index (κ1) is 55.7. The van der Waals surface area contributed by atoms with Crippen molar-refractivity contribution in [2.75, 3.05) is 16.0 Å². The van der Waals surface area contributed by atoms with Crippen LogP contribution in [0.15, 0.2) is 128 Å². The number of benzene rings is 3. The molecule has 25 heteroatoms. The summed E-state index contributed by atoms with van der Waals surface area (Å²) in [6, 6.07) is 27.2. The molecule has 0 aliphatic carbocycles. The summed E-state index contributed by atoms with van der Waals surface area (Å²) < 4.78 is 9.09. The molecule has 20 nitrogen and oxygen atoms in total. The number of fused-ring (bicyclic) bond motifs is 4. The first-order valence-electron chi connectivity index (χ1n) is 21.8. The molecule has 7 N–H and O–H groups in total. The number of amides is 1. The number of nitrogens with two attached hydrogens (primary N) is 1. The van der Waals surface area contributed by atoms with Crippen LogP contribution in [0.3, 0.4) is 0 Å². The van der Waals surface area contributed by atoms with E-state index in [2.05, 4.69) is 84.9 Å². The molecular formula is C47H47Cl4N15O5S. The molecule has 4 fully saturated rings. The van der Waals surface area contributed by atoms with Gasteiger partial charge in [-0.3, -0.25) is 9.59 Å². The summed E-state index contributed by atoms with van der Waals surface area (Å²) in [7, 11) is 7.36. The molecule has 4 saturated heterocycles. The number of carboxylic acids is 1. The fraction of sp³-hybridized carbons (Fsp3) is 0.255. The molecule has 4 aliphatic rings. The zero-order chi connectivity index (χ0) is 50.7. The summed E-state index contributed by atoms with van der Waals surface area (Å²) in [6.07, 6.45) is 20.5. The number of carbonyl (C=O) groups excluding carboxylic acids is 2. The Hall–Kier alpha value is -7.24. The molecule has 7 heterocycles. The Morgan fingerprint density at radius 2 is 0.972 bits per heavy atom. The van der Waals surface area contributed by atoms with Gasteiger partial charge in [-0.05, 0) is 141 Å². The van der Waals surface area contributed by atoms with Crippen molar-refractivity contribution < 1.29 is 23.7 Å². The van der Waals surface area contributed by atoms with Crippen molar-refractivity contribution in [3.63, 3.8) is 0 Å². The zero-order valence-corrected chi connectivity index (χ0v) is 41.8. The lowest BCUT2D eigenvalue weighted by molar-refractivity contribution is 0.0696. The van der Waals surface area contributed by atoms with Crippen LogP contribution in [0.2, 0.25) is 0 Å². The third kappa shape index (κ3) is 16.4. The van der Waals surface area contributed by atoms with Crippen molar-refractivity contribution in [2.24, 2.45) is 5.73 Å². The molecule has 3 aromatic carbocycles.